The van der Waals surface area contributed by atoms with Crippen LogP contribution in [0.4, 0.5) is 5.13 Å². The van der Waals surface area contributed by atoms with Gasteiger partial charge in [0.15, 0.2) is 16.7 Å². The quantitative estimate of drug-likeness (QED) is 0.182. The van der Waals surface area contributed by atoms with E-state index in [0.717, 1.165) is 71.2 Å². The number of aryl methyl sites for hydroxylation is 2. The third-order valence-electron chi connectivity index (χ3n) is 8.55. The van der Waals surface area contributed by atoms with Gasteiger partial charge >= 0.3 is 0 Å². The molecule has 6 heteroatoms. The predicted molar refractivity (Wildman–Crippen MR) is 177 cm³/mol. The number of Topliss-reactive ketones (excluding diaryl/α,β-unsaturated/α-hetero) is 3. The molecule has 0 radical (unpaired) electrons. The van der Waals surface area contributed by atoms with Gasteiger partial charge in [-0.25, -0.2) is 4.98 Å². The molecule has 0 spiro atoms. The zero-order chi connectivity index (χ0) is 31.4. The molecule has 0 aliphatic heterocycles. The van der Waals surface area contributed by atoms with Gasteiger partial charge < -0.3 is 4.90 Å². The number of nitrogens with zero attached hydrogens (tertiary/aromatic N) is 2. The van der Waals surface area contributed by atoms with Gasteiger partial charge in [-0.1, -0.05) is 83.9 Å². The van der Waals surface area contributed by atoms with Crippen molar-refractivity contribution < 1.29 is 14.4 Å². The minimum atomic E-state index is -0.988. The van der Waals surface area contributed by atoms with E-state index in [1.165, 1.54) is 0 Å². The summed E-state index contributed by atoms with van der Waals surface area (Å²) in [6.45, 7) is 21.6. The van der Waals surface area contributed by atoms with Crippen molar-refractivity contribution in [1.29, 1.82) is 0 Å². The maximum absolute atomic E-state index is 14.2. The maximum Gasteiger partial charge on any atom is 0.186 e. The summed E-state index contributed by atoms with van der Waals surface area (Å²) in [5.41, 5.74) is 5.36. The number of carbonyl (C=O) groups is 3. The predicted octanol–water partition coefficient (Wildman–Crippen LogP) is 8.96. The Morgan fingerprint density at radius 1 is 0.952 bits per heavy atom. The highest BCUT2D eigenvalue weighted by Crippen LogP contribution is 2.42. The molecule has 2 atom stereocenters. The lowest BCUT2D eigenvalue weighted by Crippen LogP contribution is -2.43. The zero-order valence-corrected chi connectivity index (χ0v) is 28.3. The van der Waals surface area contributed by atoms with Crippen molar-refractivity contribution in [3.8, 4) is 11.3 Å². The molecule has 0 fully saturated rings. The molecule has 42 heavy (non-hydrogen) atoms. The summed E-state index contributed by atoms with van der Waals surface area (Å²) in [7, 11) is 0. The standard InChI is InChI=1S/C36H50N2O3S/c1-11-14-19-38(20-15-12-2)35-37-31(29-22(4)17-16-18-23(29)5)28(42-35)21-27-24(6)25(7)32(39)30(33(27)40)26(13-3)34(41)36(8,9)10/h16-18,21,26,30H,11-15,19-20H2,1-10H3/b27-21-. The molecule has 3 rings (SSSR count). The van der Waals surface area contributed by atoms with E-state index in [0.29, 0.717) is 23.1 Å². The molecule has 2 unspecified atom stereocenters. The highest BCUT2D eigenvalue weighted by atomic mass is 32.1. The van der Waals surface area contributed by atoms with Crippen molar-refractivity contribution in [3.05, 3.63) is 50.9 Å². The van der Waals surface area contributed by atoms with E-state index in [9.17, 15) is 14.4 Å². The molecule has 0 bridgehead atoms. The third-order valence-corrected chi connectivity index (χ3v) is 9.62. The second kappa shape index (κ2) is 14.1. The largest absolute Gasteiger partial charge is 0.348 e. The molecule has 1 aromatic heterocycles. The van der Waals surface area contributed by atoms with Gasteiger partial charge in [0.1, 0.15) is 5.78 Å². The van der Waals surface area contributed by atoms with Crippen LogP contribution in [0.5, 0.6) is 0 Å². The number of rotatable bonds is 12. The lowest BCUT2D eigenvalue weighted by atomic mass is 9.67. The van der Waals surface area contributed by atoms with E-state index in [2.05, 4.69) is 50.8 Å². The zero-order valence-electron chi connectivity index (χ0n) is 27.4. The van der Waals surface area contributed by atoms with Crippen LogP contribution < -0.4 is 4.90 Å². The molecule has 2 aromatic rings. The van der Waals surface area contributed by atoms with Crippen LogP contribution in [0, 0.1) is 31.1 Å². The number of carbonyl (C=O) groups excluding carboxylic acids is 3. The summed E-state index contributed by atoms with van der Waals surface area (Å²) in [5, 5.41) is 0.963. The first-order valence-corrected chi connectivity index (χ1v) is 16.4. The summed E-state index contributed by atoms with van der Waals surface area (Å²) in [4.78, 5) is 49.8. The second-order valence-corrected chi connectivity index (χ2v) is 13.8. The van der Waals surface area contributed by atoms with Crippen LogP contribution in [0.3, 0.4) is 0 Å². The Bertz CT molecular complexity index is 1360. The number of anilines is 1. The van der Waals surface area contributed by atoms with E-state index < -0.39 is 17.3 Å². The molecule has 228 valence electrons. The maximum atomic E-state index is 14.2. The summed E-state index contributed by atoms with van der Waals surface area (Å²) in [6, 6.07) is 6.26. The summed E-state index contributed by atoms with van der Waals surface area (Å²) in [6.07, 6.45) is 6.78. The summed E-state index contributed by atoms with van der Waals surface area (Å²) < 4.78 is 0. The Kier molecular flexibility index (Phi) is 11.3. The molecule has 0 saturated heterocycles. The highest BCUT2D eigenvalue weighted by Gasteiger charge is 2.45. The highest BCUT2D eigenvalue weighted by molar-refractivity contribution is 7.17. The monoisotopic (exact) mass is 590 g/mol. The first-order chi connectivity index (χ1) is 19.8. The number of thiazole rings is 1. The van der Waals surface area contributed by atoms with Gasteiger partial charge in [-0.3, -0.25) is 14.4 Å². The Morgan fingerprint density at radius 2 is 1.52 bits per heavy atom. The SMILES string of the molecule is CCCCN(CCCC)c1nc(-c2c(C)cccc2C)c(/C=C2\C(=O)C(C(CC)C(=O)C(C)(C)C)C(=O)C(C)=C2C)s1. The van der Waals surface area contributed by atoms with Crippen LogP contribution in [0.15, 0.2) is 34.9 Å². The molecule has 1 heterocycles. The van der Waals surface area contributed by atoms with Crippen LogP contribution in [-0.2, 0) is 14.4 Å². The third kappa shape index (κ3) is 7.02. The Labute approximate surface area is 257 Å². The number of hydrogen-bond donors (Lipinski definition) is 0. The molecule has 0 N–H and O–H groups in total. The van der Waals surface area contributed by atoms with Crippen LogP contribution in [-0.4, -0.2) is 35.4 Å². The molecule has 1 aliphatic carbocycles. The van der Waals surface area contributed by atoms with E-state index in [1.807, 2.05) is 40.7 Å². The van der Waals surface area contributed by atoms with E-state index in [1.54, 1.807) is 18.3 Å². The van der Waals surface area contributed by atoms with Crippen molar-refractivity contribution >= 4 is 39.9 Å². The van der Waals surface area contributed by atoms with Crippen LogP contribution in [0.25, 0.3) is 17.3 Å². The average molecular weight is 591 g/mol. The number of allylic oxidation sites excluding steroid dienone is 3. The fraction of sp³-hybridized carbons (Fsp3) is 0.556. The fourth-order valence-corrected chi connectivity index (χ4v) is 6.88. The normalized spacial score (nSPS) is 17.8. The van der Waals surface area contributed by atoms with Crippen molar-refractivity contribution in [2.75, 3.05) is 18.0 Å². The first-order valence-electron chi connectivity index (χ1n) is 15.6. The molecule has 1 aliphatic rings. The van der Waals surface area contributed by atoms with Gasteiger partial charge in [0.2, 0.25) is 0 Å². The van der Waals surface area contributed by atoms with Gasteiger partial charge in [-0.15, -0.1) is 0 Å². The number of hydrogen-bond acceptors (Lipinski definition) is 6. The van der Waals surface area contributed by atoms with Crippen molar-refractivity contribution in [3.63, 3.8) is 0 Å². The number of unbranched alkanes of at least 4 members (excludes halogenated alkanes) is 2. The van der Waals surface area contributed by atoms with Crippen LogP contribution in [0.2, 0.25) is 0 Å². The minimum Gasteiger partial charge on any atom is -0.348 e. The van der Waals surface area contributed by atoms with Crippen LogP contribution >= 0.6 is 11.3 Å². The molecule has 1 aromatic carbocycles. The molecular formula is C36H50N2O3S. The van der Waals surface area contributed by atoms with Gasteiger partial charge in [0, 0.05) is 35.6 Å². The van der Waals surface area contributed by atoms with Crippen molar-refractivity contribution in [1.82, 2.24) is 4.98 Å². The minimum absolute atomic E-state index is 0.0396. The van der Waals surface area contributed by atoms with Crippen molar-refractivity contribution in [2.45, 2.75) is 101 Å². The number of ketones is 3. The first kappa shape index (κ1) is 33.6. The Balaban J connectivity index is 2.26. The van der Waals surface area contributed by atoms with Gasteiger partial charge in [0.05, 0.1) is 16.5 Å². The Hall–Kier alpha value is -2.86. The molecule has 0 saturated carbocycles. The topological polar surface area (TPSA) is 67.3 Å². The van der Waals surface area contributed by atoms with Crippen molar-refractivity contribution in [2.24, 2.45) is 17.3 Å². The van der Waals surface area contributed by atoms with Gasteiger partial charge in [-0.2, -0.15) is 0 Å². The van der Waals surface area contributed by atoms with Gasteiger partial charge in [0.25, 0.3) is 0 Å². The van der Waals surface area contributed by atoms with Crippen LogP contribution in [0.1, 0.15) is 103 Å². The molecular weight excluding hydrogens is 540 g/mol. The summed E-state index contributed by atoms with van der Waals surface area (Å²) >= 11 is 1.62. The van der Waals surface area contributed by atoms with E-state index >= 15 is 0 Å². The van der Waals surface area contributed by atoms with Gasteiger partial charge in [-0.05, 0) is 75.3 Å². The van der Waals surface area contributed by atoms with E-state index in [-0.39, 0.29) is 17.3 Å². The second-order valence-electron chi connectivity index (χ2n) is 12.8. The lowest BCUT2D eigenvalue weighted by molar-refractivity contribution is -0.141. The number of aromatic nitrogens is 1. The lowest BCUT2D eigenvalue weighted by Gasteiger charge is -2.32. The molecule has 5 nitrogen and oxygen atoms in total. The summed E-state index contributed by atoms with van der Waals surface area (Å²) in [5.74, 6) is -2.14. The fourth-order valence-electron chi connectivity index (χ4n) is 5.82. The Morgan fingerprint density at radius 3 is 2.02 bits per heavy atom. The number of benzene rings is 1. The molecule has 0 amide bonds. The smallest absolute Gasteiger partial charge is 0.186 e. The van der Waals surface area contributed by atoms with E-state index in [4.69, 9.17) is 4.98 Å². The average Bonchev–Trinajstić information content (AvgIpc) is 3.34.